The van der Waals surface area contributed by atoms with Gasteiger partial charge < -0.3 is 15.5 Å². The van der Waals surface area contributed by atoms with Crippen LogP contribution >= 0.6 is 15.9 Å². The van der Waals surface area contributed by atoms with E-state index < -0.39 is 10.0 Å². The van der Waals surface area contributed by atoms with Crippen LogP contribution in [0.2, 0.25) is 0 Å². The molecule has 1 aliphatic heterocycles. The van der Waals surface area contributed by atoms with E-state index in [9.17, 15) is 8.42 Å². The fourth-order valence-corrected chi connectivity index (χ4v) is 5.27. The number of nitrogens with zero attached hydrogens (tertiary/aromatic N) is 3. The summed E-state index contributed by atoms with van der Waals surface area (Å²) in [5.74, 6) is 1.20. The number of rotatable bonds is 6. The van der Waals surface area contributed by atoms with Gasteiger partial charge >= 0.3 is 0 Å². The quantitative estimate of drug-likeness (QED) is 0.542. The Morgan fingerprint density at radius 3 is 2.35 bits per heavy atom. The molecule has 1 saturated heterocycles. The summed E-state index contributed by atoms with van der Waals surface area (Å²) in [5.41, 5.74) is 0.683. The summed E-state index contributed by atoms with van der Waals surface area (Å²) >= 11 is 3.54. The van der Waals surface area contributed by atoms with Crippen LogP contribution in [0, 0.1) is 0 Å². The number of halogens is 1. The van der Waals surface area contributed by atoms with Gasteiger partial charge in [-0.2, -0.15) is 4.98 Å². The van der Waals surface area contributed by atoms with Gasteiger partial charge in [0.2, 0.25) is 16.0 Å². The number of nitrogens with two attached hydrogens (primary N) is 1. The highest BCUT2D eigenvalue weighted by Crippen LogP contribution is 2.29. The molecule has 2 aromatic rings. The van der Waals surface area contributed by atoms with Crippen LogP contribution in [0.5, 0.6) is 0 Å². The largest absolute Gasteiger partial charge is 0.366 e. The second-order valence-corrected chi connectivity index (χ2v) is 10.7. The zero-order chi connectivity index (χ0) is 21.8. The van der Waals surface area contributed by atoms with Gasteiger partial charge in [-0.3, -0.25) is 0 Å². The number of nitrogens with one attached hydrogen (secondary N) is 2. The minimum Gasteiger partial charge on any atom is -0.366 e. The maximum atomic E-state index is 11.4. The molecule has 31 heavy (non-hydrogen) atoms. The Balaban J connectivity index is 1.36. The minimum atomic E-state index is -3.71. The van der Waals surface area contributed by atoms with Crippen LogP contribution < -0.4 is 15.8 Å². The standard InChI is InChI=1S/C21H29BrN6O2S/c22-19-14-24-21(26-16-6-10-18(11-7-16)31(23,29)30)27-20(19)25-15-4-8-17(9-5-15)28-12-2-1-3-13-28/h6-7,10-11,14-15,17H,1-5,8-9,12-13H2,(H2,23,29,30)(H2,24,25,26,27). The van der Waals surface area contributed by atoms with Crippen LogP contribution in [0.3, 0.4) is 0 Å². The van der Waals surface area contributed by atoms with E-state index >= 15 is 0 Å². The Hall–Kier alpha value is -1.75. The lowest BCUT2D eigenvalue weighted by Crippen LogP contribution is -2.43. The molecule has 1 saturated carbocycles. The molecule has 0 spiro atoms. The lowest BCUT2D eigenvalue weighted by Gasteiger charge is -2.39. The molecular formula is C21H29BrN6O2S. The topological polar surface area (TPSA) is 113 Å². The molecule has 8 nitrogen and oxygen atoms in total. The van der Waals surface area contributed by atoms with Crippen molar-refractivity contribution in [3.05, 3.63) is 34.9 Å². The number of anilines is 3. The van der Waals surface area contributed by atoms with E-state index in [0.717, 1.165) is 29.2 Å². The minimum absolute atomic E-state index is 0.0669. The highest BCUT2D eigenvalue weighted by molar-refractivity contribution is 9.10. The van der Waals surface area contributed by atoms with E-state index in [0.29, 0.717) is 17.7 Å². The zero-order valence-corrected chi connectivity index (χ0v) is 19.8. The average molecular weight is 509 g/mol. The third kappa shape index (κ3) is 5.94. The van der Waals surface area contributed by atoms with Gasteiger partial charge in [0.25, 0.3) is 0 Å². The third-order valence-electron chi connectivity index (χ3n) is 6.13. The molecule has 0 bridgehead atoms. The monoisotopic (exact) mass is 508 g/mol. The van der Waals surface area contributed by atoms with Crippen LogP contribution in [0.25, 0.3) is 0 Å². The van der Waals surface area contributed by atoms with Crippen molar-refractivity contribution in [3.8, 4) is 0 Å². The van der Waals surface area contributed by atoms with Crippen molar-refractivity contribution < 1.29 is 8.42 Å². The summed E-state index contributed by atoms with van der Waals surface area (Å²) in [5, 5.41) is 11.8. The molecule has 1 aromatic heterocycles. The summed E-state index contributed by atoms with van der Waals surface area (Å²) in [4.78, 5) is 11.7. The van der Waals surface area contributed by atoms with E-state index in [2.05, 4.69) is 41.4 Å². The highest BCUT2D eigenvalue weighted by atomic mass is 79.9. The molecule has 0 radical (unpaired) electrons. The lowest BCUT2D eigenvalue weighted by molar-refractivity contribution is 0.127. The van der Waals surface area contributed by atoms with Gasteiger partial charge in [0.15, 0.2) is 0 Å². The number of benzene rings is 1. The van der Waals surface area contributed by atoms with Crippen molar-refractivity contribution in [2.45, 2.75) is 61.9 Å². The summed E-state index contributed by atoms with van der Waals surface area (Å²) in [7, 11) is -3.71. The number of likely N-dealkylation sites (tertiary alicyclic amines) is 1. The van der Waals surface area contributed by atoms with E-state index in [1.807, 2.05) is 0 Å². The number of piperidine rings is 1. The smallest absolute Gasteiger partial charge is 0.238 e. The fourth-order valence-electron chi connectivity index (χ4n) is 4.45. The van der Waals surface area contributed by atoms with Crippen molar-refractivity contribution in [2.75, 3.05) is 23.7 Å². The molecule has 4 N–H and O–H groups in total. The van der Waals surface area contributed by atoms with Gasteiger partial charge in [-0.1, -0.05) is 6.42 Å². The van der Waals surface area contributed by atoms with Crippen LogP contribution in [-0.2, 0) is 10.0 Å². The highest BCUT2D eigenvalue weighted by Gasteiger charge is 2.27. The molecule has 2 fully saturated rings. The summed E-state index contributed by atoms with van der Waals surface area (Å²) in [6.45, 7) is 2.51. The molecule has 0 amide bonds. The molecule has 4 rings (SSSR count). The van der Waals surface area contributed by atoms with Gasteiger partial charge in [0, 0.05) is 24.0 Å². The molecule has 1 aromatic carbocycles. The van der Waals surface area contributed by atoms with Gasteiger partial charge in [0.05, 0.1) is 9.37 Å². The summed E-state index contributed by atoms with van der Waals surface area (Å²) in [6, 6.07) is 7.31. The third-order valence-corrected chi connectivity index (χ3v) is 7.64. The van der Waals surface area contributed by atoms with Crippen LogP contribution in [0.1, 0.15) is 44.9 Å². The van der Waals surface area contributed by atoms with E-state index in [1.54, 1.807) is 18.3 Å². The molecule has 0 atom stereocenters. The molecule has 10 heteroatoms. The summed E-state index contributed by atoms with van der Waals surface area (Å²) < 4.78 is 23.6. The van der Waals surface area contributed by atoms with E-state index in [4.69, 9.17) is 5.14 Å². The Morgan fingerprint density at radius 2 is 1.71 bits per heavy atom. The molecular weight excluding hydrogens is 480 g/mol. The number of primary sulfonamides is 1. The van der Waals surface area contributed by atoms with E-state index in [1.165, 1.54) is 57.3 Å². The van der Waals surface area contributed by atoms with Crippen LogP contribution in [0.4, 0.5) is 17.5 Å². The maximum absolute atomic E-state index is 11.4. The number of hydrogen-bond acceptors (Lipinski definition) is 7. The predicted molar refractivity (Wildman–Crippen MR) is 126 cm³/mol. The second-order valence-electron chi connectivity index (χ2n) is 8.33. The zero-order valence-electron chi connectivity index (χ0n) is 17.4. The number of aromatic nitrogens is 2. The molecule has 2 heterocycles. The van der Waals surface area contributed by atoms with Crippen molar-refractivity contribution in [1.29, 1.82) is 0 Å². The predicted octanol–water partition coefficient (Wildman–Crippen LogP) is 3.84. The lowest BCUT2D eigenvalue weighted by atomic mass is 9.89. The molecule has 0 unspecified atom stereocenters. The molecule has 2 aliphatic rings. The van der Waals surface area contributed by atoms with Crippen LogP contribution in [0.15, 0.2) is 39.8 Å². The number of sulfonamides is 1. The fraction of sp³-hybridized carbons (Fsp3) is 0.524. The number of hydrogen-bond donors (Lipinski definition) is 3. The van der Waals surface area contributed by atoms with Crippen molar-refractivity contribution >= 4 is 43.4 Å². The average Bonchev–Trinajstić information content (AvgIpc) is 2.77. The van der Waals surface area contributed by atoms with Crippen molar-refractivity contribution in [1.82, 2.24) is 14.9 Å². The van der Waals surface area contributed by atoms with E-state index in [-0.39, 0.29) is 4.90 Å². The van der Waals surface area contributed by atoms with Gasteiger partial charge in [-0.15, -0.1) is 0 Å². The first kappa shape index (κ1) is 22.4. The normalized spacial score (nSPS) is 22.8. The Bertz CT molecular complexity index is 987. The maximum Gasteiger partial charge on any atom is 0.238 e. The van der Waals surface area contributed by atoms with Crippen molar-refractivity contribution in [3.63, 3.8) is 0 Å². The molecule has 1 aliphatic carbocycles. The molecule has 168 valence electrons. The van der Waals surface area contributed by atoms with Crippen molar-refractivity contribution in [2.24, 2.45) is 5.14 Å². The first-order chi connectivity index (χ1) is 14.9. The van der Waals surface area contributed by atoms with Gasteiger partial charge in [0.1, 0.15) is 5.82 Å². The Kier molecular flexibility index (Phi) is 7.10. The first-order valence-corrected chi connectivity index (χ1v) is 13.2. The first-order valence-electron chi connectivity index (χ1n) is 10.8. The second kappa shape index (κ2) is 9.81. The summed E-state index contributed by atoms with van der Waals surface area (Å²) in [6.07, 6.45) is 10.5. The Morgan fingerprint density at radius 1 is 1.03 bits per heavy atom. The van der Waals surface area contributed by atoms with Crippen LogP contribution in [-0.4, -0.2) is 48.5 Å². The Labute approximate surface area is 192 Å². The SMILES string of the molecule is NS(=O)(=O)c1ccc(Nc2ncc(Br)c(NC3CCC(N4CCCCC4)CC3)n2)cc1. The van der Waals surface area contributed by atoms with Gasteiger partial charge in [-0.05, 0) is 91.8 Å². The van der Waals surface area contributed by atoms with Gasteiger partial charge in [-0.25, -0.2) is 18.5 Å².